The standard InChI is InChI=1S/C9H10BrNO3/c10-6-1-2-8(13)7(5-6)9(14)11-3-4-12/h1-2,5,12-13H,3-4H2,(H,11,14). The fourth-order valence-corrected chi connectivity index (χ4v) is 1.32. The second-order valence-corrected chi connectivity index (χ2v) is 3.56. The van der Waals surface area contributed by atoms with Gasteiger partial charge in [0.15, 0.2) is 0 Å². The number of rotatable bonds is 3. The van der Waals surface area contributed by atoms with Crippen LogP contribution in [0.5, 0.6) is 5.75 Å². The SMILES string of the molecule is O=C(NCCO)c1cc(Br)ccc1O. The van der Waals surface area contributed by atoms with Gasteiger partial charge >= 0.3 is 0 Å². The number of aliphatic hydroxyl groups excluding tert-OH is 1. The number of amides is 1. The molecular formula is C9H10BrNO3. The first kappa shape index (κ1) is 11.0. The van der Waals surface area contributed by atoms with Crippen LogP contribution in [-0.4, -0.2) is 29.3 Å². The van der Waals surface area contributed by atoms with Gasteiger partial charge in [0.1, 0.15) is 5.75 Å². The van der Waals surface area contributed by atoms with Crippen molar-refractivity contribution >= 4 is 21.8 Å². The van der Waals surface area contributed by atoms with Crippen LogP contribution in [0.25, 0.3) is 0 Å². The molecule has 0 saturated carbocycles. The summed E-state index contributed by atoms with van der Waals surface area (Å²) in [5.41, 5.74) is 0.188. The van der Waals surface area contributed by atoms with Gasteiger partial charge in [-0.15, -0.1) is 0 Å². The highest BCUT2D eigenvalue weighted by Gasteiger charge is 2.10. The maximum Gasteiger partial charge on any atom is 0.255 e. The van der Waals surface area contributed by atoms with E-state index in [-0.39, 0.29) is 24.5 Å². The molecule has 4 nitrogen and oxygen atoms in total. The number of carbonyl (C=O) groups is 1. The van der Waals surface area contributed by atoms with E-state index in [9.17, 15) is 9.90 Å². The number of halogens is 1. The number of benzene rings is 1. The van der Waals surface area contributed by atoms with E-state index in [1.807, 2.05) is 0 Å². The summed E-state index contributed by atoms with van der Waals surface area (Å²) >= 11 is 3.19. The quantitative estimate of drug-likeness (QED) is 0.755. The Labute approximate surface area is 89.7 Å². The van der Waals surface area contributed by atoms with E-state index >= 15 is 0 Å². The van der Waals surface area contributed by atoms with E-state index in [1.165, 1.54) is 12.1 Å². The summed E-state index contributed by atoms with van der Waals surface area (Å²) in [6, 6.07) is 4.58. The van der Waals surface area contributed by atoms with Gasteiger partial charge in [-0.25, -0.2) is 0 Å². The number of hydrogen-bond donors (Lipinski definition) is 3. The molecule has 0 saturated heterocycles. The number of carbonyl (C=O) groups excluding carboxylic acids is 1. The Morgan fingerprint density at radius 1 is 1.50 bits per heavy atom. The zero-order valence-corrected chi connectivity index (χ0v) is 8.91. The Kier molecular flexibility index (Phi) is 3.91. The molecule has 1 rings (SSSR count). The Hall–Kier alpha value is -1.07. The van der Waals surface area contributed by atoms with Crippen LogP contribution in [0.2, 0.25) is 0 Å². The van der Waals surface area contributed by atoms with Gasteiger partial charge < -0.3 is 15.5 Å². The fourth-order valence-electron chi connectivity index (χ4n) is 0.955. The maximum atomic E-state index is 11.4. The van der Waals surface area contributed by atoms with Gasteiger partial charge in [0.05, 0.1) is 12.2 Å². The molecule has 0 aliphatic carbocycles. The number of aromatic hydroxyl groups is 1. The molecule has 0 heterocycles. The monoisotopic (exact) mass is 259 g/mol. The molecule has 1 aromatic carbocycles. The van der Waals surface area contributed by atoms with Crippen LogP contribution in [0.1, 0.15) is 10.4 Å². The van der Waals surface area contributed by atoms with Crippen molar-refractivity contribution < 1.29 is 15.0 Å². The molecule has 0 aliphatic heterocycles. The summed E-state index contributed by atoms with van der Waals surface area (Å²) in [5, 5.41) is 20.3. The number of aliphatic hydroxyl groups is 1. The van der Waals surface area contributed by atoms with E-state index in [4.69, 9.17) is 5.11 Å². The van der Waals surface area contributed by atoms with Crippen LogP contribution in [0.3, 0.4) is 0 Å². The number of phenolic OH excluding ortho intramolecular Hbond substituents is 1. The predicted molar refractivity (Wildman–Crippen MR) is 55.2 cm³/mol. The lowest BCUT2D eigenvalue weighted by atomic mass is 10.2. The lowest BCUT2D eigenvalue weighted by molar-refractivity contribution is 0.0942. The van der Waals surface area contributed by atoms with Crippen molar-refractivity contribution in [2.45, 2.75) is 0 Å². The lowest BCUT2D eigenvalue weighted by Crippen LogP contribution is -2.26. The highest BCUT2D eigenvalue weighted by molar-refractivity contribution is 9.10. The van der Waals surface area contributed by atoms with E-state index in [0.29, 0.717) is 4.47 Å². The van der Waals surface area contributed by atoms with Gasteiger partial charge in [-0.2, -0.15) is 0 Å². The van der Waals surface area contributed by atoms with E-state index < -0.39 is 5.91 Å². The molecular weight excluding hydrogens is 250 g/mol. The highest BCUT2D eigenvalue weighted by Crippen LogP contribution is 2.21. The molecule has 0 atom stereocenters. The summed E-state index contributed by atoms with van der Waals surface area (Å²) in [4.78, 5) is 11.4. The first-order valence-electron chi connectivity index (χ1n) is 4.02. The third-order valence-electron chi connectivity index (χ3n) is 1.60. The van der Waals surface area contributed by atoms with Gasteiger partial charge in [0, 0.05) is 11.0 Å². The Morgan fingerprint density at radius 2 is 2.21 bits per heavy atom. The number of hydrogen-bond acceptors (Lipinski definition) is 3. The number of nitrogens with one attached hydrogen (secondary N) is 1. The van der Waals surface area contributed by atoms with E-state index in [1.54, 1.807) is 6.07 Å². The van der Waals surface area contributed by atoms with Gasteiger partial charge in [0.2, 0.25) is 0 Å². The van der Waals surface area contributed by atoms with Crippen LogP contribution < -0.4 is 5.32 Å². The van der Waals surface area contributed by atoms with Crippen LogP contribution in [0.15, 0.2) is 22.7 Å². The average molecular weight is 260 g/mol. The zero-order chi connectivity index (χ0) is 10.6. The Bertz CT molecular complexity index is 341. The van der Waals surface area contributed by atoms with Gasteiger partial charge in [-0.3, -0.25) is 4.79 Å². The van der Waals surface area contributed by atoms with Crippen molar-refractivity contribution in [2.75, 3.05) is 13.2 Å². The molecule has 0 fully saturated rings. The molecule has 1 aromatic rings. The van der Waals surface area contributed by atoms with Crippen molar-refractivity contribution in [1.29, 1.82) is 0 Å². The van der Waals surface area contributed by atoms with E-state index in [0.717, 1.165) is 0 Å². The molecule has 14 heavy (non-hydrogen) atoms. The fraction of sp³-hybridized carbons (Fsp3) is 0.222. The van der Waals surface area contributed by atoms with Crippen molar-refractivity contribution in [3.05, 3.63) is 28.2 Å². The molecule has 3 N–H and O–H groups in total. The maximum absolute atomic E-state index is 11.4. The molecule has 76 valence electrons. The summed E-state index contributed by atoms with van der Waals surface area (Å²) in [6.45, 7) is 0.0469. The summed E-state index contributed by atoms with van der Waals surface area (Å²) < 4.78 is 0.712. The average Bonchev–Trinajstić information content (AvgIpc) is 2.18. The predicted octanol–water partition coefficient (Wildman–Crippen LogP) is 0.877. The minimum atomic E-state index is -0.405. The van der Waals surface area contributed by atoms with Crippen LogP contribution in [0, 0.1) is 0 Å². The third kappa shape index (κ3) is 2.71. The lowest BCUT2D eigenvalue weighted by Gasteiger charge is -2.05. The minimum absolute atomic E-state index is 0.0800. The second kappa shape index (κ2) is 4.97. The van der Waals surface area contributed by atoms with Crippen molar-refractivity contribution in [1.82, 2.24) is 5.32 Å². The van der Waals surface area contributed by atoms with Crippen molar-refractivity contribution in [2.24, 2.45) is 0 Å². The summed E-state index contributed by atoms with van der Waals surface area (Å²) in [7, 11) is 0. The van der Waals surface area contributed by atoms with Crippen LogP contribution in [0.4, 0.5) is 0 Å². The molecule has 0 radical (unpaired) electrons. The second-order valence-electron chi connectivity index (χ2n) is 2.64. The van der Waals surface area contributed by atoms with Crippen molar-refractivity contribution in [3.8, 4) is 5.75 Å². The molecule has 0 spiro atoms. The Balaban J connectivity index is 2.83. The first-order chi connectivity index (χ1) is 6.65. The molecule has 0 aromatic heterocycles. The van der Waals surface area contributed by atoms with Crippen LogP contribution >= 0.6 is 15.9 Å². The molecule has 0 aliphatic rings. The molecule has 0 bridgehead atoms. The summed E-state index contributed by atoms with van der Waals surface area (Å²) in [5.74, 6) is -0.485. The largest absolute Gasteiger partial charge is 0.507 e. The zero-order valence-electron chi connectivity index (χ0n) is 7.33. The normalized spacial score (nSPS) is 9.86. The first-order valence-corrected chi connectivity index (χ1v) is 4.82. The number of phenols is 1. The molecule has 1 amide bonds. The minimum Gasteiger partial charge on any atom is -0.507 e. The highest BCUT2D eigenvalue weighted by atomic mass is 79.9. The third-order valence-corrected chi connectivity index (χ3v) is 2.09. The van der Waals surface area contributed by atoms with Crippen LogP contribution in [-0.2, 0) is 0 Å². The van der Waals surface area contributed by atoms with Gasteiger partial charge in [-0.1, -0.05) is 15.9 Å². The molecule has 0 unspecified atom stereocenters. The Morgan fingerprint density at radius 3 is 2.86 bits per heavy atom. The van der Waals surface area contributed by atoms with Gasteiger partial charge in [0.25, 0.3) is 5.91 Å². The topological polar surface area (TPSA) is 69.6 Å². The smallest absolute Gasteiger partial charge is 0.255 e. The van der Waals surface area contributed by atoms with Gasteiger partial charge in [-0.05, 0) is 18.2 Å². The van der Waals surface area contributed by atoms with E-state index in [2.05, 4.69) is 21.2 Å². The molecule has 5 heteroatoms. The van der Waals surface area contributed by atoms with Crippen molar-refractivity contribution in [3.63, 3.8) is 0 Å². The summed E-state index contributed by atoms with van der Waals surface area (Å²) in [6.07, 6.45) is 0.